The van der Waals surface area contributed by atoms with Crippen molar-refractivity contribution in [1.29, 1.82) is 0 Å². The number of amides is 1. The zero-order valence-electron chi connectivity index (χ0n) is 12.0. The molecule has 0 bridgehead atoms. The van der Waals surface area contributed by atoms with Crippen molar-refractivity contribution in [3.8, 4) is 11.3 Å². The molecular formula is C14H13FN4O3S. The number of hydrogen-bond acceptors (Lipinski definition) is 6. The Balaban J connectivity index is 1.84. The number of rotatable bonds is 4. The van der Waals surface area contributed by atoms with Crippen LogP contribution >= 0.6 is 0 Å². The van der Waals surface area contributed by atoms with Crippen molar-refractivity contribution in [2.24, 2.45) is 5.92 Å². The molecule has 0 saturated carbocycles. The molecule has 1 amide bonds. The maximum atomic E-state index is 12.8. The summed E-state index contributed by atoms with van der Waals surface area (Å²) in [4.78, 5) is 25.6. The maximum absolute atomic E-state index is 12.8. The largest absolute Gasteiger partial charge is 0.302 e. The van der Waals surface area contributed by atoms with Gasteiger partial charge in [-0.15, -0.1) is 3.89 Å². The number of anilines is 1. The summed E-state index contributed by atoms with van der Waals surface area (Å²) < 4.78 is 34.3. The number of halogens is 1. The van der Waals surface area contributed by atoms with Crippen LogP contribution in [0.25, 0.3) is 11.3 Å². The molecule has 0 aliphatic carbocycles. The van der Waals surface area contributed by atoms with Crippen molar-refractivity contribution in [2.45, 2.75) is 6.42 Å². The van der Waals surface area contributed by atoms with Crippen LogP contribution in [0.2, 0.25) is 0 Å². The second-order valence-electron chi connectivity index (χ2n) is 5.26. The van der Waals surface area contributed by atoms with Crippen molar-refractivity contribution in [1.82, 2.24) is 15.0 Å². The first-order valence-corrected chi connectivity index (χ1v) is 8.44. The van der Waals surface area contributed by atoms with Gasteiger partial charge in [-0.3, -0.25) is 14.7 Å². The Bertz CT molecular complexity index is 829. The average Bonchev–Trinajstić information content (AvgIpc) is 2.87. The van der Waals surface area contributed by atoms with Crippen LogP contribution in [0.3, 0.4) is 0 Å². The molecule has 23 heavy (non-hydrogen) atoms. The van der Waals surface area contributed by atoms with Gasteiger partial charge in [0.25, 0.3) is 0 Å². The first kappa shape index (κ1) is 15.5. The van der Waals surface area contributed by atoms with Crippen molar-refractivity contribution in [3.63, 3.8) is 0 Å². The Morgan fingerprint density at radius 3 is 2.65 bits per heavy atom. The summed E-state index contributed by atoms with van der Waals surface area (Å²) in [5.41, 5.74) is 1.44. The predicted octanol–water partition coefficient (Wildman–Crippen LogP) is 1.19. The van der Waals surface area contributed by atoms with Gasteiger partial charge in [0.15, 0.2) is 0 Å². The van der Waals surface area contributed by atoms with Gasteiger partial charge >= 0.3 is 10.2 Å². The number of pyridine rings is 1. The van der Waals surface area contributed by atoms with E-state index in [9.17, 15) is 17.1 Å². The van der Waals surface area contributed by atoms with E-state index in [1.165, 1.54) is 11.1 Å². The maximum Gasteiger partial charge on any atom is 0.302 e. The molecule has 2 aromatic heterocycles. The highest BCUT2D eigenvalue weighted by atomic mass is 32.3. The summed E-state index contributed by atoms with van der Waals surface area (Å²) >= 11 is 0. The summed E-state index contributed by atoms with van der Waals surface area (Å²) in [6.07, 6.45) is 4.73. The van der Waals surface area contributed by atoms with E-state index in [0.29, 0.717) is 5.69 Å². The molecule has 0 N–H and O–H groups in total. The van der Waals surface area contributed by atoms with E-state index in [2.05, 4.69) is 15.0 Å². The zero-order chi connectivity index (χ0) is 16.4. The molecule has 3 rings (SSSR count). The molecule has 1 fully saturated rings. The lowest BCUT2D eigenvalue weighted by Gasteiger charge is -2.14. The molecule has 120 valence electrons. The Morgan fingerprint density at radius 1 is 1.22 bits per heavy atom. The Labute approximate surface area is 132 Å². The van der Waals surface area contributed by atoms with Crippen LogP contribution in [0.1, 0.15) is 6.42 Å². The summed E-state index contributed by atoms with van der Waals surface area (Å²) in [5, 5.41) is 0. The molecule has 7 nitrogen and oxygen atoms in total. The smallest absolute Gasteiger partial charge is 0.280 e. The predicted molar refractivity (Wildman–Crippen MR) is 80.6 cm³/mol. The fourth-order valence-electron chi connectivity index (χ4n) is 2.53. The normalized spacial score (nSPS) is 18.4. The second kappa shape index (κ2) is 5.99. The number of hydrogen-bond donors (Lipinski definition) is 0. The van der Waals surface area contributed by atoms with Crippen molar-refractivity contribution in [3.05, 3.63) is 36.8 Å². The third-order valence-electron chi connectivity index (χ3n) is 3.50. The number of carbonyl (C=O) groups is 1. The van der Waals surface area contributed by atoms with E-state index >= 15 is 0 Å². The molecule has 1 aliphatic rings. The summed E-state index contributed by atoms with van der Waals surface area (Å²) in [6, 6.07) is 5.25. The topological polar surface area (TPSA) is 93.1 Å². The summed E-state index contributed by atoms with van der Waals surface area (Å²) in [5.74, 6) is -1.39. The molecule has 1 aliphatic heterocycles. The van der Waals surface area contributed by atoms with Gasteiger partial charge in [-0.05, 0) is 18.2 Å². The summed E-state index contributed by atoms with van der Waals surface area (Å²) in [6.45, 7) is 0.0851. The van der Waals surface area contributed by atoms with Gasteiger partial charge < -0.3 is 0 Å². The molecule has 0 radical (unpaired) electrons. The van der Waals surface area contributed by atoms with E-state index in [1.807, 2.05) is 0 Å². The van der Waals surface area contributed by atoms with E-state index in [0.717, 1.165) is 5.56 Å². The van der Waals surface area contributed by atoms with Gasteiger partial charge in [0.1, 0.15) is 0 Å². The van der Waals surface area contributed by atoms with Crippen LogP contribution in [0.5, 0.6) is 0 Å². The van der Waals surface area contributed by atoms with Gasteiger partial charge in [0.2, 0.25) is 11.9 Å². The van der Waals surface area contributed by atoms with Crippen LogP contribution in [-0.4, -0.2) is 41.6 Å². The van der Waals surface area contributed by atoms with Crippen LogP contribution in [-0.2, 0) is 15.0 Å². The van der Waals surface area contributed by atoms with Gasteiger partial charge in [-0.2, -0.15) is 8.42 Å². The van der Waals surface area contributed by atoms with E-state index in [1.54, 1.807) is 30.6 Å². The van der Waals surface area contributed by atoms with Gasteiger partial charge in [0, 0.05) is 43.0 Å². The average molecular weight is 336 g/mol. The highest BCUT2D eigenvalue weighted by Crippen LogP contribution is 2.25. The third-order valence-corrected chi connectivity index (χ3v) is 4.37. The Morgan fingerprint density at radius 2 is 1.96 bits per heavy atom. The first-order chi connectivity index (χ1) is 10.9. The van der Waals surface area contributed by atoms with Gasteiger partial charge in [-0.25, -0.2) is 9.97 Å². The SMILES string of the molecule is O=C1CC(CS(=O)(=O)F)CN1c1nccc(-c2ccncc2)n1. The zero-order valence-corrected chi connectivity index (χ0v) is 12.8. The lowest BCUT2D eigenvalue weighted by atomic mass is 10.1. The lowest BCUT2D eigenvalue weighted by Crippen LogP contribution is -2.27. The van der Waals surface area contributed by atoms with Crippen molar-refractivity contribution in [2.75, 3.05) is 17.2 Å². The monoisotopic (exact) mass is 336 g/mol. The fourth-order valence-corrected chi connectivity index (χ4v) is 3.32. The minimum atomic E-state index is -4.61. The standard InChI is InChI=1S/C14H13FN4O3S/c15-23(21,22)9-10-7-13(20)19(8-10)14-17-6-3-12(18-14)11-1-4-16-5-2-11/h1-6,10H,7-9H2. The highest BCUT2D eigenvalue weighted by molar-refractivity contribution is 7.86. The first-order valence-electron chi connectivity index (χ1n) is 6.88. The van der Waals surface area contributed by atoms with Crippen molar-refractivity contribution < 1.29 is 17.1 Å². The van der Waals surface area contributed by atoms with E-state index < -0.39 is 21.9 Å². The Hall–Kier alpha value is -2.42. The number of carbonyl (C=O) groups excluding carboxylic acids is 1. The minimum absolute atomic E-state index is 0.0357. The molecule has 9 heteroatoms. The van der Waals surface area contributed by atoms with Crippen LogP contribution < -0.4 is 4.90 Å². The lowest BCUT2D eigenvalue weighted by molar-refractivity contribution is -0.117. The molecule has 1 atom stereocenters. The van der Waals surface area contributed by atoms with Gasteiger partial charge in [0.05, 0.1) is 11.4 Å². The van der Waals surface area contributed by atoms with E-state index in [-0.39, 0.29) is 24.8 Å². The quantitative estimate of drug-likeness (QED) is 0.779. The minimum Gasteiger partial charge on any atom is -0.280 e. The number of nitrogens with zero attached hydrogens (tertiary/aromatic N) is 4. The second-order valence-corrected chi connectivity index (χ2v) is 6.67. The number of aromatic nitrogens is 3. The molecular weight excluding hydrogens is 323 g/mol. The van der Waals surface area contributed by atoms with Crippen LogP contribution in [0, 0.1) is 5.92 Å². The summed E-state index contributed by atoms with van der Waals surface area (Å²) in [7, 11) is -4.61. The molecule has 2 aromatic rings. The van der Waals surface area contributed by atoms with Crippen molar-refractivity contribution >= 4 is 22.1 Å². The molecule has 1 unspecified atom stereocenters. The fraction of sp³-hybridized carbons (Fsp3) is 0.286. The molecule has 0 spiro atoms. The van der Waals surface area contributed by atoms with Crippen LogP contribution in [0.15, 0.2) is 36.8 Å². The van der Waals surface area contributed by atoms with E-state index in [4.69, 9.17) is 0 Å². The molecule has 1 saturated heterocycles. The van der Waals surface area contributed by atoms with Crippen LogP contribution in [0.4, 0.5) is 9.83 Å². The molecule has 0 aromatic carbocycles. The molecule has 3 heterocycles. The Kier molecular flexibility index (Phi) is 4.03. The third kappa shape index (κ3) is 3.67. The highest BCUT2D eigenvalue weighted by Gasteiger charge is 2.35. The van der Waals surface area contributed by atoms with Gasteiger partial charge in [-0.1, -0.05) is 0 Å².